The maximum atomic E-state index is 12.7. The lowest BCUT2D eigenvalue weighted by atomic mass is 10.1. The molecular formula is C19H21N3O3S. The number of benzene rings is 1. The van der Waals surface area contributed by atoms with Gasteiger partial charge < -0.3 is 9.64 Å². The van der Waals surface area contributed by atoms with Gasteiger partial charge in [0.25, 0.3) is 5.91 Å². The number of hydrogen-bond acceptors (Lipinski definition) is 5. The molecule has 2 aromatic rings. The summed E-state index contributed by atoms with van der Waals surface area (Å²) < 4.78 is 5.56. The molecule has 2 aliphatic heterocycles. The molecule has 0 aliphatic carbocycles. The maximum Gasteiger partial charge on any atom is 0.265 e. The summed E-state index contributed by atoms with van der Waals surface area (Å²) in [5, 5.41) is 2.98. The van der Waals surface area contributed by atoms with Crippen LogP contribution in [0.25, 0.3) is 11.3 Å². The summed E-state index contributed by atoms with van der Waals surface area (Å²) >= 11 is 1.58. The molecule has 1 aromatic heterocycles. The summed E-state index contributed by atoms with van der Waals surface area (Å²) in [6.07, 6.45) is 3.24. The van der Waals surface area contributed by atoms with E-state index in [-0.39, 0.29) is 25.0 Å². The van der Waals surface area contributed by atoms with Gasteiger partial charge in [0.2, 0.25) is 5.91 Å². The van der Waals surface area contributed by atoms with Gasteiger partial charge in [-0.25, -0.2) is 4.98 Å². The van der Waals surface area contributed by atoms with Crippen molar-refractivity contribution in [1.82, 2.24) is 9.88 Å². The Morgan fingerprint density at radius 1 is 1.27 bits per heavy atom. The lowest BCUT2D eigenvalue weighted by Crippen LogP contribution is -2.47. The van der Waals surface area contributed by atoms with Gasteiger partial charge in [-0.2, -0.15) is 0 Å². The lowest BCUT2D eigenvalue weighted by molar-refractivity contribution is -0.132. The van der Waals surface area contributed by atoms with Gasteiger partial charge in [-0.15, -0.1) is 11.3 Å². The molecule has 0 N–H and O–H groups in total. The summed E-state index contributed by atoms with van der Waals surface area (Å²) in [5.41, 5.74) is 2.44. The molecule has 7 heteroatoms. The number of likely N-dealkylation sites (tertiary alicyclic amines) is 1. The lowest BCUT2D eigenvalue weighted by Gasteiger charge is -2.32. The summed E-state index contributed by atoms with van der Waals surface area (Å²) in [7, 11) is 0. The first-order chi connectivity index (χ1) is 12.6. The summed E-state index contributed by atoms with van der Waals surface area (Å²) in [6, 6.07) is 5.68. The molecule has 0 saturated carbocycles. The van der Waals surface area contributed by atoms with Crippen molar-refractivity contribution in [3.05, 3.63) is 28.6 Å². The Kier molecular flexibility index (Phi) is 4.63. The molecule has 6 nitrogen and oxygen atoms in total. The third-order valence-electron chi connectivity index (χ3n) is 4.82. The zero-order chi connectivity index (χ0) is 18.1. The minimum absolute atomic E-state index is 0.000746. The number of aromatic nitrogens is 1. The van der Waals surface area contributed by atoms with E-state index >= 15 is 0 Å². The van der Waals surface area contributed by atoms with Crippen LogP contribution in [-0.2, 0) is 9.59 Å². The van der Waals surface area contributed by atoms with Crippen molar-refractivity contribution in [2.24, 2.45) is 0 Å². The standard InChI is InChI=1S/C19H21N3O3S/c1-13-20-15(12-26-13)14-5-6-17-16(9-14)22(19(24)11-25-17)10-18(23)21-7-3-2-4-8-21/h5-6,9,12H,2-4,7-8,10-11H2,1H3. The van der Waals surface area contributed by atoms with Crippen LogP contribution in [0.5, 0.6) is 5.75 Å². The van der Waals surface area contributed by atoms with E-state index < -0.39 is 0 Å². The van der Waals surface area contributed by atoms with Crippen LogP contribution in [0.4, 0.5) is 5.69 Å². The molecule has 0 radical (unpaired) electrons. The number of hydrogen-bond donors (Lipinski definition) is 0. The second kappa shape index (κ2) is 7.07. The molecule has 0 unspecified atom stereocenters. The zero-order valence-corrected chi connectivity index (χ0v) is 15.6. The van der Waals surface area contributed by atoms with E-state index in [1.165, 1.54) is 6.42 Å². The topological polar surface area (TPSA) is 62.7 Å². The average Bonchev–Trinajstić information content (AvgIpc) is 3.10. The van der Waals surface area contributed by atoms with Crippen LogP contribution >= 0.6 is 11.3 Å². The molecule has 136 valence electrons. The first-order valence-electron chi connectivity index (χ1n) is 8.89. The first kappa shape index (κ1) is 17.0. The number of rotatable bonds is 3. The van der Waals surface area contributed by atoms with Crippen LogP contribution in [0, 0.1) is 6.92 Å². The van der Waals surface area contributed by atoms with Gasteiger partial charge in [0, 0.05) is 24.0 Å². The number of fused-ring (bicyclic) bond motifs is 1. The normalized spacial score (nSPS) is 17.0. The van der Waals surface area contributed by atoms with Gasteiger partial charge in [0.1, 0.15) is 12.3 Å². The van der Waals surface area contributed by atoms with E-state index in [1.54, 1.807) is 16.2 Å². The Morgan fingerprint density at radius 2 is 2.08 bits per heavy atom. The molecule has 3 heterocycles. The highest BCUT2D eigenvalue weighted by Crippen LogP contribution is 2.36. The van der Waals surface area contributed by atoms with Gasteiger partial charge in [0.15, 0.2) is 6.61 Å². The second-order valence-corrected chi connectivity index (χ2v) is 7.71. The highest BCUT2D eigenvalue weighted by Gasteiger charge is 2.29. The first-order valence-corrected chi connectivity index (χ1v) is 9.77. The quantitative estimate of drug-likeness (QED) is 0.832. The van der Waals surface area contributed by atoms with Gasteiger partial charge in [-0.1, -0.05) is 0 Å². The number of carbonyl (C=O) groups excluding carboxylic acids is 2. The summed E-state index contributed by atoms with van der Waals surface area (Å²) in [4.78, 5) is 33.0. The highest BCUT2D eigenvalue weighted by atomic mass is 32.1. The fourth-order valence-corrected chi connectivity index (χ4v) is 4.03. The Morgan fingerprint density at radius 3 is 2.81 bits per heavy atom. The SMILES string of the molecule is Cc1nc(-c2ccc3c(c2)N(CC(=O)N2CCCCC2)C(=O)CO3)cs1. The number of anilines is 1. The minimum Gasteiger partial charge on any atom is -0.482 e. The molecular weight excluding hydrogens is 350 g/mol. The van der Waals surface area contributed by atoms with Crippen molar-refractivity contribution < 1.29 is 14.3 Å². The third-order valence-corrected chi connectivity index (χ3v) is 5.59. The number of thiazole rings is 1. The van der Waals surface area contributed by atoms with E-state index in [9.17, 15) is 9.59 Å². The Balaban J connectivity index is 1.61. The van der Waals surface area contributed by atoms with Crippen LogP contribution in [0.3, 0.4) is 0 Å². The van der Waals surface area contributed by atoms with E-state index in [0.717, 1.165) is 42.2 Å². The van der Waals surface area contributed by atoms with Crippen LogP contribution in [0.2, 0.25) is 0 Å². The predicted octanol–water partition coefficient (Wildman–Crippen LogP) is 2.86. The number of aryl methyl sites for hydroxylation is 1. The van der Waals surface area contributed by atoms with E-state index in [2.05, 4.69) is 4.98 Å². The Bertz CT molecular complexity index is 842. The summed E-state index contributed by atoms with van der Waals surface area (Å²) in [6.45, 7) is 3.55. The molecule has 26 heavy (non-hydrogen) atoms. The van der Waals surface area contributed by atoms with Crippen LogP contribution in [0.15, 0.2) is 23.6 Å². The predicted molar refractivity (Wildman–Crippen MR) is 101 cm³/mol. The fraction of sp³-hybridized carbons (Fsp3) is 0.421. The highest BCUT2D eigenvalue weighted by molar-refractivity contribution is 7.09. The van der Waals surface area contributed by atoms with Crippen LogP contribution in [-0.4, -0.2) is 47.9 Å². The minimum atomic E-state index is -0.186. The van der Waals surface area contributed by atoms with Crippen LogP contribution in [0.1, 0.15) is 24.3 Å². The molecule has 0 bridgehead atoms. The molecule has 1 fully saturated rings. The zero-order valence-electron chi connectivity index (χ0n) is 14.7. The average molecular weight is 371 g/mol. The number of amides is 2. The molecule has 1 saturated heterocycles. The number of nitrogens with zero attached hydrogens (tertiary/aromatic N) is 3. The molecule has 0 spiro atoms. The van der Waals surface area contributed by atoms with E-state index in [1.807, 2.05) is 35.4 Å². The van der Waals surface area contributed by atoms with E-state index in [4.69, 9.17) is 4.74 Å². The molecule has 2 aliphatic rings. The van der Waals surface area contributed by atoms with Gasteiger partial charge in [0.05, 0.1) is 16.4 Å². The number of ether oxygens (including phenoxy) is 1. The smallest absolute Gasteiger partial charge is 0.265 e. The Hall–Kier alpha value is -2.41. The molecule has 2 amide bonds. The number of carbonyl (C=O) groups is 2. The van der Waals surface area contributed by atoms with Crippen molar-refractivity contribution in [2.75, 3.05) is 31.1 Å². The van der Waals surface area contributed by atoms with Crippen molar-refractivity contribution in [3.8, 4) is 17.0 Å². The van der Waals surface area contributed by atoms with Crippen molar-refractivity contribution in [3.63, 3.8) is 0 Å². The second-order valence-electron chi connectivity index (χ2n) is 6.64. The molecule has 1 aromatic carbocycles. The monoisotopic (exact) mass is 371 g/mol. The van der Waals surface area contributed by atoms with E-state index in [0.29, 0.717) is 11.4 Å². The van der Waals surface area contributed by atoms with Crippen LogP contribution < -0.4 is 9.64 Å². The Labute approximate surface area is 156 Å². The van der Waals surface area contributed by atoms with Gasteiger partial charge in [-0.3, -0.25) is 14.5 Å². The number of piperidine rings is 1. The molecule has 4 rings (SSSR count). The fourth-order valence-electron chi connectivity index (χ4n) is 3.41. The molecule has 0 atom stereocenters. The van der Waals surface area contributed by atoms with Crippen molar-refractivity contribution in [2.45, 2.75) is 26.2 Å². The van der Waals surface area contributed by atoms with Gasteiger partial charge >= 0.3 is 0 Å². The van der Waals surface area contributed by atoms with Gasteiger partial charge in [-0.05, 0) is 44.4 Å². The largest absolute Gasteiger partial charge is 0.482 e. The summed E-state index contributed by atoms with van der Waals surface area (Å²) in [5.74, 6) is 0.446. The van der Waals surface area contributed by atoms with Crippen molar-refractivity contribution in [1.29, 1.82) is 0 Å². The third kappa shape index (κ3) is 3.31. The maximum absolute atomic E-state index is 12.7. The van der Waals surface area contributed by atoms with Crippen molar-refractivity contribution >= 4 is 28.8 Å².